The average Bonchev–Trinajstić information content (AvgIpc) is 2.63. The lowest BCUT2D eigenvalue weighted by Gasteiger charge is -2.16. The fraction of sp³-hybridized carbons (Fsp3) is 0.167. The number of nitriles is 1. The van der Waals surface area contributed by atoms with E-state index in [0.29, 0.717) is 11.3 Å². The molecule has 0 saturated heterocycles. The number of halogens is 1. The standard InChI is InChI=1S/C18H16ClN3O4/c1-10(17(23)22-15-6-4-3-5-11(15)9-20)26-18(24)12-7-13(19)14(21)8-16(12)25-2/h3-8,10H,21H2,1-2H3,(H,22,23)/t10-/m1/s1. The Bertz CT molecular complexity index is 892. The summed E-state index contributed by atoms with van der Waals surface area (Å²) in [7, 11) is 1.37. The summed E-state index contributed by atoms with van der Waals surface area (Å²) in [6.07, 6.45) is -1.12. The molecule has 0 fully saturated rings. The summed E-state index contributed by atoms with van der Waals surface area (Å²) in [5.41, 5.74) is 6.59. The molecule has 0 saturated carbocycles. The summed E-state index contributed by atoms with van der Waals surface area (Å²) in [5.74, 6) is -1.19. The van der Waals surface area contributed by atoms with Crippen LogP contribution in [-0.2, 0) is 9.53 Å². The maximum Gasteiger partial charge on any atom is 0.342 e. The summed E-state index contributed by atoms with van der Waals surface area (Å²) in [6, 6.07) is 11.2. The van der Waals surface area contributed by atoms with Gasteiger partial charge in [-0.25, -0.2) is 4.79 Å². The molecule has 0 spiro atoms. The lowest BCUT2D eigenvalue weighted by molar-refractivity contribution is -0.123. The molecule has 0 aromatic heterocycles. The Balaban J connectivity index is 2.13. The van der Waals surface area contributed by atoms with Crippen molar-refractivity contribution in [3.8, 4) is 11.8 Å². The van der Waals surface area contributed by atoms with E-state index in [1.54, 1.807) is 24.3 Å². The van der Waals surface area contributed by atoms with E-state index >= 15 is 0 Å². The van der Waals surface area contributed by atoms with Crippen LogP contribution in [0.4, 0.5) is 11.4 Å². The third-order valence-electron chi connectivity index (χ3n) is 3.50. The summed E-state index contributed by atoms with van der Waals surface area (Å²) >= 11 is 5.93. The summed E-state index contributed by atoms with van der Waals surface area (Å²) in [6.45, 7) is 1.41. The van der Waals surface area contributed by atoms with E-state index in [1.165, 1.54) is 26.2 Å². The van der Waals surface area contributed by atoms with Crippen LogP contribution >= 0.6 is 11.6 Å². The Kier molecular flexibility index (Phi) is 6.04. The molecule has 8 heteroatoms. The van der Waals surface area contributed by atoms with Crippen molar-refractivity contribution in [1.29, 1.82) is 5.26 Å². The molecule has 0 aliphatic carbocycles. The lowest BCUT2D eigenvalue weighted by Crippen LogP contribution is -2.30. The van der Waals surface area contributed by atoms with Gasteiger partial charge < -0.3 is 20.5 Å². The molecule has 26 heavy (non-hydrogen) atoms. The van der Waals surface area contributed by atoms with E-state index in [9.17, 15) is 9.59 Å². The van der Waals surface area contributed by atoms with Gasteiger partial charge in [0.15, 0.2) is 6.10 Å². The molecular weight excluding hydrogens is 358 g/mol. The molecule has 3 N–H and O–H groups in total. The molecule has 0 heterocycles. The number of rotatable bonds is 5. The van der Waals surface area contributed by atoms with Gasteiger partial charge in [-0.3, -0.25) is 4.79 Å². The Morgan fingerprint density at radius 1 is 1.31 bits per heavy atom. The molecule has 0 bridgehead atoms. The number of amides is 1. The summed E-state index contributed by atoms with van der Waals surface area (Å²) in [5, 5.41) is 11.8. The van der Waals surface area contributed by atoms with Crippen LogP contribution in [0.1, 0.15) is 22.8 Å². The Morgan fingerprint density at radius 2 is 2.00 bits per heavy atom. The van der Waals surface area contributed by atoms with Gasteiger partial charge in [0, 0.05) is 6.07 Å². The number of hydrogen-bond acceptors (Lipinski definition) is 6. The van der Waals surface area contributed by atoms with Gasteiger partial charge in [0.25, 0.3) is 5.91 Å². The highest BCUT2D eigenvalue weighted by Gasteiger charge is 2.23. The number of nitrogens with two attached hydrogens (primary N) is 1. The third kappa shape index (κ3) is 4.23. The molecule has 2 aromatic rings. The molecule has 1 atom stereocenters. The highest BCUT2D eigenvalue weighted by molar-refractivity contribution is 6.33. The summed E-state index contributed by atoms with van der Waals surface area (Å²) < 4.78 is 10.3. The molecule has 0 aliphatic rings. The topological polar surface area (TPSA) is 114 Å². The molecule has 7 nitrogen and oxygen atoms in total. The van der Waals surface area contributed by atoms with E-state index in [4.69, 9.17) is 32.1 Å². The second-order valence-electron chi connectivity index (χ2n) is 5.27. The Morgan fingerprint density at radius 3 is 2.65 bits per heavy atom. The van der Waals surface area contributed by atoms with E-state index in [-0.39, 0.29) is 22.0 Å². The van der Waals surface area contributed by atoms with Crippen molar-refractivity contribution in [3.05, 3.63) is 52.5 Å². The van der Waals surface area contributed by atoms with Crippen molar-refractivity contribution in [2.45, 2.75) is 13.0 Å². The number of carbonyl (C=O) groups is 2. The van der Waals surface area contributed by atoms with Gasteiger partial charge in [-0.05, 0) is 25.1 Å². The number of nitrogens with zero attached hydrogens (tertiary/aromatic N) is 1. The molecule has 2 aromatic carbocycles. The van der Waals surface area contributed by atoms with Crippen LogP contribution < -0.4 is 15.8 Å². The van der Waals surface area contributed by atoms with Crippen molar-refractivity contribution in [2.24, 2.45) is 0 Å². The minimum atomic E-state index is -1.12. The van der Waals surface area contributed by atoms with Crippen LogP contribution in [0.25, 0.3) is 0 Å². The van der Waals surface area contributed by atoms with Crippen molar-refractivity contribution in [1.82, 2.24) is 0 Å². The van der Waals surface area contributed by atoms with Crippen molar-refractivity contribution >= 4 is 34.9 Å². The van der Waals surface area contributed by atoms with Gasteiger partial charge in [-0.15, -0.1) is 0 Å². The first-order valence-corrected chi connectivity index (χ1v) is 7.89. The van der Waals surface area contributed by atoms with Gasteiger partial charge in [0.2, 0.25) is 0 Å². The molecule has 0 radical (unpaired) electrons. The van der Waals surface area contributed by atoms with Crippen LogP contribution in [0.15, 0.2) is 36.4 Å². The highest BCUT2D eigenvalue weighted by Crippen LogP contribution is 2.29. The second-order valence-corrected chi connectivity index (χ2v) is 5.68. The zero-order valence-electron chi connectivity index (χ0n) is 14.1. The smallest absolute Gasteiger partial charge is 0.342 e. The first-order chi connectivity index (χ1) is 12.4. The first-order valence-electron chi connectivity index (χ1n) is 7.51. The number of methoxy groups -OCH3 is 1. The molecular formula is C18H16ClN3O4. The van der Waals surface area contributed by atoms with Gasteiger partial charge in [0.1, 0.15) is 17.4 Å². The number of carbonyl (C=O) groups excluding carboxylic acids is 2. The fourth-order valence-corrected chi connectivity index (χ4v) is 2.26. The maximum atomic E-state index is 12.3. The molecule has 134 valence electrons. The van der Waals surface area contributed by atoms with Crippen molar-refractivity contribution in [3.63, 3.8) is 0 Å². The predicted molar refractivity (Wildman–Crippen MR) is 97.1 cm³/mol. The number of nitrogen functional groups attached to an aromatic ring is 1. The van der Waals surface area contributed by atoms with E-state index < -0.39 is 18.0 Å². The fourth-order valence-electron chi connectivity index (χ4n) is 2.10. The van der Waals surface area contributed by atoms with Crippen LogP contribution in [0.5, 0.6) is 5.75 Å². The van der Waals surface area contributed by atoms with Crippen LogP contribution in [-0.4, -0.2) is 25.1 Å². The highest BCUT2D eigenvalue weighted by atomic mass is 35.5. The monoisotopic (exact) mass is 373 g/mol. The number of nitrogens with one attached hydrogen (secondary N) is 1. The molecule has 2 rings (SSSR count). The summed E-state index contributed by atoms with van der Waals surface area (Å²) in [4.78, 5) is 24.6. The van der Waals surface area contributed by atoms with Crippen LogP contribution in [0.3, 0.4) is 0 Å². The second kappa shape index (κ2) is 8.23. The minimum absolute atomic E-state index is 0.0452. The largest absolute Gasteiger partial charge is 0.496 e. The molecule has 0 aliphatic heterocycles. The van der Waals surface area contributed by atoms with Gasteiger partial charge in [-0.2, -0.15) is 5.26 Å². The first kappa shape index (κ1) is 19.1. The van der Waals surface area contributed by atoms with Crippen LogP contribution in [0, 0.1) is 11.3 Å². The van der Waals surface area contributed by atoms with Crippen molar-refractivity contribution < 1.29 is 19.1 Å². The van der Waals surface area contributed by atoms with Gasteiger partial charge in [0.05, 0.1) is 29.1 Å². The van der Waals surface area contributed by atoms with E-state index in [0.717, 1.165) is 0 Å². The average molecular weight is 374 g/mol. The van der Waals surface area contributed by atoms with Crippen LogP contribution in [0.2, 0.25) is 5.02 Å². The molecule has 0 unspecified atom stereocenters. The minimum Gasteiger partial charge on any atom is -0.496 e. The number of hydrogen-bond donors (Lipinski definition) is 2. The number of esters is 1. The van der Waals surface area contributed by atoms with Crippen molar-refractivity contribution in [2.75, 3.05) is 18.2 Å². The maximum absolute atomic E-state index is 12.3. The Labute approximate surface area is 155 Å². The normalized spacial score (nSPS) is 11.2. The number of anilines is 2. The molecule has 1 amide bonds. The zero-order chi connectivity index (χ0) is 19.3. The van der Waals surface area contributed by atoms with Gasteiger partial charge in [-0.1, -0.05) is 23.7 Å². The number of ether oxygens (including phenoxy) is 2. The van der Waals surface area contributed by atoms with Gasteiger partial charge >= 0.3 is 5.97 Å². The zero-order valence-corrected chi connectivity index (χ0v) is 14.8. The Hall–Kier alpha value is -3.24. The third-order valence-corrected chi connectivity index (χ3v) is 3.82. The predicted octanol–water partition coefficient (Wildman–Crippen LogP) is 2.99. The number of para-hydroxylation sites is 1. The van der Waals surface area contributed by atoms with E-state index in [2.05, 4.69) is 5.32 Å². The quantitative estimate of drug-likeness (QED) is 0.615. The van der Waals surface area contributed by atoms with E-state index in [1.807, 2.05) is 6.07 Å². The SMILES string of the molecule is COc1cc(N)c(Cl)cc1C(=O)O[C@H](C)C(=O)Nc1ccccc1C#N. The number of benzene rings is 2. The lowest BCUT2D eigenvalue weighted by atomic mass is 10.1.